The van der Waals surface area contributed by atoms with E-state index in [2.05, 4.69) is 9.80 Å². The summed E-state index contributed by atoms with van der Waals surface area (Å²) < 4.78 is 11.0. The van der Waals surface area contributed by atoms with Gasteiger partial charge < -0.3 is 29.5 Å². The van der Waals surface area contributed by atoms with E-state index in [-0.39, 0.29) is 58.1 Å². The van der Waals surface area contributed by atoms with E-state index in [1.54, 1.807) is 72.8 Å². The Hall–Kier alpha value is -5.64. The van der Waals surface area contributed by atoms with Gasteiger partial charge in [-0.2, -0.15) is 0 Å². The minimum absolute atomic E-state index is 0.104. The summed E-state index contributed by atoms with van der Waals surface area (Å²) in [7, 11) is 0. The molecule has 0 bridgehead atoms. The summed E-state index contributed by atoms with van der Waals surface area (Å²) in [5.41, 5.74) is 2.35. The fourth-order valence-corrected chi connectivity index (χ4v) is 6.05. The number of hydrogen-bond acceptors (Lipinski definition) is 10. The maximum atomic E-state index is 13.4. The van der Waals surface area contributed by atoms with Gasteiger partial charge in [0, 0.05) is 60.8 Å². The summed E-state index contributed by atoms with van der Waals surface area (Å²) in [4.78, 5) is 56.8. The number of rotatable bonds is 19. The lowest BCUT2D eigenvalue weighted by Crippen LogP contribution is -2.21. The van der Waals surface area contributed by atoms with Crippen molar-refractivity contribution in [1.29, 1.82) is 0 Å². The maximum absolute atomic E-state index is 13.4. The summed E-state index contributed by atoms with van der Waals surface area (Å²) in [6, 6.07) is 22.6. The first-order valence-electron chi connectivity index (χ1n) is 17.9. The van der Waals surface area contributed by atoms with E-state index in [1.807, 2.05) is 27.7 Å². The van der Waals surface area contributed by atoms with Gasteiger partial charge in [-0.25, -0.2) is 9.59 Å². The third kappa shape index (κ3) is 9.57. The summed E-state index contributed by atoms with van der Waals surface area (Å²) in [6.45, 7) is 11.3. The van der Waals surface area contributed by atoms with Crippen molar-refractivity contribution >= 4 is 34.9 Å². The van der Waals surface area contributed by atoms with Crippen LogP contribution in [0.2, 0.25) is 0 Å². The van der Waals surface area contributed by atoms with E-state index in [0.717, 1.165) is 37.6 Å². The van der Waals surface area contributed by atoms with Gasteiger partial charge in [-0.05, 0) is 89.8 Å². The first kappa shape index (κ1) is 39.2. The molecule has 0 spiro atoms. The van der Waals surface area contributed by atoms with Crippen molar-refractivity contribution in [3.8, 4) is 11.5 Å². The SMILES string of the molecule is CCN(CC)c1ccc(C(=O)c2ccccc2C(=O)OCCCCCCOC(=O)c2ccccc2C(=O)c2ccc(N(CC)CC)cc2O)c(O)c1. The van der Waals surface area contributed by atoms with E-state index in [9.17, 15) is 29.4 Å². The van der Waals surface area contributed by atoms with Gasteiger partial charge in [0.2, 0.25) is 0 Å². The average Bonchev–Trinajstić information content (AvgIpc) is 3.16. The summed E-state index contributed by atoms with van der Waals surface area (Å²) >= 11 is 0. The van der Waals surface area contributed by atoms with Crippen molar-refractivity contribution in [3.05, 3.63) is 118 Å². The molecule has 0 atom stereocenters. The van der Waals surface area contributed by atoms with Crippen LogP contribution < -0.4 is 9.80 Å². The summed E-state index contributed by atoms with van der Waals surface area (Å²) in [5.74, 6) is -2.51. The molecule has 0 saturated carbocycles. The highest BCUT2D eigenvalue weighted by atomic mass is 16.5. The van der Waals surface area contributed by atoms with Crippen molar-refractivity contribution in [2.24, 2.45) is 0 Å². The molecule has 52 heavy (non-hydrogen) atoms. The second-order valence-corrected chi connectivity index (χ2v) is 12.2. The normalized spacial score (nSPS) is 10.8. The number of anilines is 2. The van der Waals surface area contributed by atoms with Crippen molar-refractivity contribution in [3.63, 3.8) is 0 Å². The standard InChI is InChI=1S/C42H48N2O8/c1-5-43(6-2)29-21-23-35(37(45)27-29)39(47)31-17-11-13-19-33(31)41(49)51-25-15-9-10-16-26-52-42(50)34-20-14-12-18-32(34)40(48)36-24-22-30(28-38(36)46)44(7-3)8-4/h11-14,17-24,27-28,45-46H,5-10,15-16,25-26H2,1-4H3. The fraction of sp³-hybridized carbons (Fsp3) is 0.333. The molecule has 0 radical (unpaired) electrons. The minimum Gasteiger partial charge on any atom is -0.507 e. The smallest absolute Gasteiger partial charge is 0.338 e. The molecule has 10 nitrogen and oxygen atoms in total. The van der Waals surface area contributed by atoms with Gasteiger partial charge in [-0.1, -0.05) is 36.4 Å². The van der Waals surface area contributed by atoms with Crippen molar-refractivity contribution in [2.45, 2.75) is 53.4 Å². The van der Waals surface area contributed by atoms with Crippen LogP contribution in [0.4, 0.5) is 11.4 Å². The number of ether oxygens (including phenoxy) is 2. The monoisotopic (exact) mass is 708 g/mol. The van der Waals surface area contributed by atoms with E-state index in [4.69, 9.17) is 9.47 Å². The molecule has 0 saturated heterocycles. The predicted molar refractivity (Wildman–Crippen MR) is 202 cm³/mol. The number of carbonyl (C=O) groups is 4. The molecular weight excluding hydrogens is 660 g/mol. The molecule has 0 unspecified atom stereocenters. The lowest BCUT2D eigenvalue weighted by molar-refractivity contribution is 0.0472. The Morgan fingerprint density at radius 3 is 1.15 bits per heavy atom. The molecule has 0 aliphatic carbocycles. The average molecular weight is 709 g/mol. The van der Waals surface area contributed by atoms with E-state index in [0.29, 0.717) is 25.7 Å². The molecule has 0 aromatic heterocycles. The zero-order valence-electron chi connectivity index (χ0n) is 30.4. The molecule has 10 heteroatoms. The number of aromatic hydroxyl groups is 2. The number of unbranched alkanes of at least 4 members (excludes halogenated alkanes) is 3. The second-order valence-electron chi connectivity index (χ2n) is 12.2. The summed E-state index contributed by atoms with van der Waals surface area (Å²) in [5, 5.41) is 21.3. The molecular formula is C42H48N2O8. The molecule has 4 rings (SSSR count). The van der Waals surface area contributed by atoms with Gasteiger partial charge in [0.25, 0.3) is 0 Å². The highest BCUT2D eigenvalue weighted by Gasteiger charge is 2.23. The van der Waals surface area contributed by atoms with Crippen LogP contribution in [0.25, 0.3) is 0 Å². The lowest BCUT2D eigenvalue weighted by Gasteiger charge is -2.21. The molecule has 2 N–H and O–H groups in total. The first-order valence-corrected chi connectivity index (χ1v) is 17.9. The lowest BCUT2D eigenvalue weighted by atomic mass is 9.97. The Kier molecular flexibility index (Phi) is 14.4. The molecule has 4 aromatic carbocycles. The van der Waals surface area contributed by atoms with Gasteiger partial charge in [0.15, 0.2) is 11.6 Å². The molecule has 0 amide bonds. The van der Waals surface area contributed by atoms with E-state index in [1.165, 1.54) is 12.1 Å². The maximum Gasteiger partial charge on any atom is 0.338 e. The molecule has 274 valence electrons. The van der Waals surface area contributed by atoms with Crippen LogP contribution in [-0.2, 0) is 9.47 Å². The number of ketones is 2. The molecule has 0 fully saturated rings. The fourth-order valence-electron chi connectivity index (χ4n) is 6.05. The minimum atomic E-state index is -0.626. The largest absolute Gasteiger partial charge is 0.507 e. The Morgan fingerprint density at radius 2 is 0.827 bits per heavy atom. The van der Waals surface area contributed by atoms with Gasteiger partial charge in [0.1, 0.15) is 11.5 Å². The van der Waals surface area contributed by atoms with E-state index >= 15 is 0 Å². The van der Waals surface area contributed by atoms with Crippen molar-refractivity contribution < 1.29 is 38.9 Å². The van der Waals surface area contributed by atoms with Gasteiger partial charge >= 0.3 is 11.9 Å². The Morgan fingerprint density at radius 1 is 0.481 bits per heavy atom. The van der Waals surface area contributed by atoms with Crippen LogP contribution in [-0.4, -0.2) is 73.1 Å². The first-order chi connectivity index (χ1) is 25.1. The highest BCUT2D eigenvalue weighted by Crippen LogP contribution is 2.29. The predicted octanol–water partition coefficient (Wildman–Crippen LogP) is 7.83. The number of esters is 2. The quantitative estimate of drug-likeness (QED) is 0.0564. The van der Waals surface area contributed by atoms with Crippen LogP contribution in [0.5, 0.6) is 11.5 Å². The number of phenolic OH excluding ortho intramolecular Hbond substituents is 2. The number of hydrogen-bond donors (Lipinski definition) is 2. The molecule has 4 aromatic rings. The number of benzene rings is 4. The number of phenols is 2. The zero-order chi connectivity index (χ0) is 37.6. The van der Waals surface area contributed by atoms with Crippen LogP contribution >= 0.6 is 0 Å². The number of nitrogens with zero attached hydrogens (tertiary/aromatic N) is 2. The Labute approximate surface area is 305 Å². The highest BCUT2D eigenvalue weighted by molar-refractivity contribution is 6.16. The molecule has 0 heterocycles. The van der Waals surface area contributed by atoms with Gasteiger partial charge in [-0.15, -0.1) is 0 Å². The van der Waals surface area contributed by atoms with Gasteiger partial charge in [0.05, 0.1) is 35.5 Å². The number of carbonyl (C=O) groups excluding carboxylic acids is 4. The third-order valence-corrected chi connectivity index (χ3v) is 9.00. The zero-order valence-corrected chi connectivity index (χ0v) is 30.4. The summed E-state index contributed by atoms with van der Waals surface area (Å²) in [6.07, 6.45) is 2.54. The molecule has 0 aliphatic heterocycles. The van der Waals surface area contributed by atoms with Crippen molar-refractivity contribution in [2.75, 3.05) is 49.2 Å². The Balaban J connectivity index is 1.24. The van der Waals surface area contributed by atoms with E-state index < -0.39 is 23.5 Å². The van der Waals surface area contributed by atoms with Crippen molar-refractivity contribution in [1.82, 2.24) is 0 Å². The van der Waals surface area contributed by atoms with Crippen LogP contribution in [0.15, 0.2) is 84.9 Å². The second kappa shape index (κ2) is 19.1. The Bertz CT molecular complexity index is 1730. The van der Waals surface area contributed by atoms with Crippen LogP contribution in [0.1, 0.15) is 106 Å². The van der Waals surface area contributed by atoms with Gasteiger partial charge in [-0.3, -0.25) is 9.59 Å². The van der Waals surface area contributed by atoms with Crippen LogP contribution in [0, 0.1) is 0 Å². The molecule has 0 aliphatic rings. The topological polar surface area (TPSA) is 134 Å². The van der Waals surface area contributed by atoms with Crippen LogP contribution in [0.3, 0.4) is 0 Å². The third-order valence-electron chi connectivity index (χ3n) is 9.00.